The highest BCUT2D eigenvalue weighted by Gasteiger charge is 2.36. The first-order valence-corrected chi connectivity index (χ1v) is 8.04. The monoisotopic (exact) mass is 312 g/mol. The molecule has 0 saturated carbocycles. The molecular formula is C20H28N2O. The van der Waals surface area contributed by atoms with Crippen LogP contribution in [0.25, 0.3) is 0 Å². The van der Waals surface area contributed by atoms with Crippen molar-refractivity contribution in [3.8, 4) is 11.9 Å². The Labute approximate surface area is 140 Å². The minimum atomic E-state index is -0.687. The number of pyridine rings is 1. The maximum absolute atomic E-state index is 10.1. The van der Waals surface area contributed by atoms with E-state index in [0.29, 0.717) is 18.2 Å². The molecule has 1 heterocycles. The van der Waals surface area contributed by atoms with E-state index in [0.717, 1.165) is 16.8 Å². The smallest absolute Gasteiger partial charge is 0.213 e. The molecule has 3 nitrogen and oxygen atoms in total. The zero-order chi connectivity index (χ0) is 17.6. The molecule has 1 aromatic heterocycles. The molecule has 1 aromatic rings. The van der Waals surface area contributed by atoms with Gasteiger partial charge in [-0.1, -0.05) is 37.1 Å². The lowest BCUT2D eigenvalue weighted by Crippen LogP contribution is -2.28. The summed E-state index contributed by atoms with van der Waals surface area (Å²) < 4.78 is 5.20. The lowest BCUT2D eigenvalue weighted by molar-refractivity contribution is 0.396. The van der Waals surface area contributed by atoms with Gasteiger partial charge in [-0.15, -0.1) is 0 Å². The van der Waals surface area contributed by atoms with Crippen molar-refractivity contribution in [3.05, 3.63) is 46.7 Å². The van der Waals surface area contributed by atoms with Crippen LogP contribution in [0.3, 0.4) is 0 Å². The average molecular weight is 312 g/mol. The summed E-state index contributed by atoms with van der Waals surface area (Å²) in [5.74, 6) is 1.04. The number of nitrogens with zero attached hydrogens (tertiary/aromatic N) is 2. The van der Waals surface area contributed by atoms with Gasteiger partial charge in [-0.25, -0.2) is 4.98 Å². The highest BCUT2D eigenvalue weighted by Crippen LogP contribution is 2.39. The molecule has 1 rings (SSSR count). The van der Waals surface area contributed by atoms with E-state index >= 15 is 0 Å². The summed E-state index contributed by atoms with van der Waals surface area (Å²) in [6.07, 6.45) is 4.92. The SMILES string of the molecule is C/C=C(\C)[C@@](C#N)(C/C(C)=C\C(C)C)c1ccc(OC)nc1C. The summed E-state index contributed by atoms with van der Waals surface area (Å²) in [5.41, 5.74) is 3.37. The first kappa shape index (κ1) is 19.0. The summed E-state index contributed by atoms with van der Waals surface area (Å²) in [6, 6.07) is 6.38. The topological polar surface area (TPSA) is 45.9 Å². The van der Waals surface area contributed by atoms with Crippen LogP contribution in [-0.4, -0.2) is 12.1 Å². The van der Waals surface area contributed by atoms with Gasteiger partial charge in [0.25, 0.3) is 0 Å². The number of aryl methyl sites for hydroxylation is 1. The van der Waals surface area contributed by atoms with Crippen LogP contribution in [-0.2, 0) is 5.41 Å². The van der Waals surface area contributed by atoms with Gasteiger partial charge in [0.1, 0.15) is 5.41 Å². The van der Waals surface area contributed by atoms with Crippen LogP contribution in [0.4, 0.5) is 0 Å². The predicted octanol–water partition coefficient (Wildman–Crippen LogP) is 5.12. The van der Waals surface area contributed by atoms with Gasteiger partial charge in [0, 0.05) is 11.8 Å². The van der Waals surface area contributed by atoms with E-state index in [4.69, 9.17) is 4.74 Å². The lowest BCUT2D eigenvalue weighted by atomic mass is 9.70. The third kappa shape index (κ3) is 4.22. The minimum absolute atomic E-state index is 0.465. The van der Waals surface area contributed by atoms with Gasteiger partial charge in [0.15, 0.2) is 0 Å². The molecular weight excluding hydrogens is 284 g/mol. The van der Waals surface area contributed by atoms with Gasteiger partial charge < -0.3 is 4.74 Å². The van der Waals surface area contributed by atoms with Crippen LogP contribution in [0.5, 0.6) is 5.88 Å². The third-order valence-corrected chi connectivity index (χ3v) is 4.19. The van der Waals surface area contributed by atoms with E-state index in [1.54, 1.807) is 7.11 Å². The fourth-order valence-corrected chi connectivity index (χ4v) is 3.03. The Morgan fingerprint density at radius 2 is 2.04 bits per heavy atom. The Morgan fingerprint density at radius 1 is 1.39 bits per heavy atom. The molecule has 3 heteroatoms. The van der Waals surface area contributed by atoms with Crippen molar-refractivity contribution in [2.75, 3.05) is 7.11 Å². The maximum Gasteiger partial charge on any atom is 0.213 e. The van der Waals surface area contributed by atoms with Gasteiger partial charge in [-0.2, -0.15) is 5.26 Å². The van der Waals surface area contributed by atoms with Gasteiger partial charge in [0.2, 0.25) is 5.88 Å². The standard InChI is InChI=1S/C20H28N2O/c1-8-16(5)20(13-21,12-15(4)11-14(2)3)18-9-10-19(23-7)22-17(18)6/h8-11,14H,12H2,1-7H3/b15-11-,16-8+/t20-/m0/s1. The molecule has 0 aromatic carbocycles. The number of allylic oxidation sites excluding steroid dienone is 4. The molecule has 0 N–H and O–H groups in total. The van der Waals surface area contributed by atoms with E-state index in [1.165, 1.54) is 5.57 Å². The molecule has 0 aliphatic heterocycles. The summed E-state index contributed by atoms with van der Waals surface area (Å²) >= 11 is 0. The molecule has 0 bridgehead atoms. The highest BCUT2D eigenvalue weighted by molar-refractivity contribution is 5.47. The van der Waals surface area contributed by atoms with E-state index in [-0.39, 0.29) is 0 Å². The van der Waals surface area contributed by atoms with Gasteiger partial charge in [-0.05, 0) is 51.7 Å². The first-order chi connectivity index (χ1) is 10.8. The van der Waals surface area contributed by atoms with Crippen LogP contribution in [0, 0.1) is 24.2 Å². The highest BCUT2D eigenvalue weighted by atomic mass is 16.5. The van der Waals surface area contributed by atoms with Crippen LogP contribution < -0.4 is 4.74 Å². The summed E-state index contributed by atoms with van der Waals surface area (Å²) in [6.45, 7) is 12.3. The number of hydrogen-bond acceptors (Lipinski definition) is 3. The van der Waals surface area contributed by atoms with E-state index in [1.807, 2.05) is 39.0 Å². The normalized spacial score (nSPS) is 15.3. The maximum atomic E-state index is 10.1. The Bertz CT molecular complexity index is 650. The lowest BCUT2D eigenvalue weighted by Gasteiger charge is -2.30. The Balaban J connectivity index is 3.50. The summed E-state index contributed by atoms with van der Waals surface area (Å²) in [4.78, 5) is 4.47. The summed E-state index contributed by atoms with van der Waals surface area (Å²) in [7, 11) is 1.60. The van der Waals surface area contributed by atoms with Crippen LogP contribution >= 0.6 is 0 Å². The fraction of sp³-hybridized carbons (Fsp3) is 0.500. The van der Waals surface area contributed by atoms with Gasteiger partial charge >= 0.3 is 0 Å². The van der Waals surface area contributed by atoms with Crippen molar-refractivity contribution in [1.29, 1.82) is 5.26 Å². The second-order valence-corrected chi connectivity index (χ2v) is 6.41. The zero-order valence-electron chi connectivity index (χ0n) is 15.4. The second kappa shape index (κ2) is 7.97. The molecule has 1 atom stereocenters. The predicted molar refractivity (Wildman–Crippen MR) is 95.5 cm³/mol. The average Bonchev–Trinajstić information content (AvgIpc) is 2.51. The molecule has 0 saturated heterocycles. The number of rotatable bonds is 6. The Hall–Kier alpha value is -2.08. The van der Waals surface area contributed by atoms with Gasteiger partial charge in [0.05, 0.1) is 13.2 Å². The quantitative estimate of drug-likeness (QED) is 0.685. The van der Waals surface area contributed by atoms with E-state index < -0.39 is 5.41 Å². The van der Waals surface area contributed by atoms with E-state index in [2.05, 4.69) is 37.9 Å². The van der Waals surface area contributed by atoms with Crippen LogP contribution in [0.15, 0.2) is 35.4 Å². The number of hydrogen-bond donors (Lipinski definition) is 0. The molecule has 0 fully saturated rings. The molecule has 0 radical (unpaired) electrons. The van der Waals surface area contributed by atoms with Crippen molar-refractivity contribution in [2.45, 2.75) is 53.4 Å². The van der Waals surface area contributed by atoms with Crippen molar-refractivity contribution in [2.24, 2.45) is 5.92 Å². The number of nitriles is 1. The Kier molecular flexibility index (Phi) is 6.57. The number of aromatic nitrogens is 1. The number of ether oxygens (including phenoxy) is 1. The van der Waals surface area contributed by atoms with Crippen molar-refractivity contribution < 1.29 is 4.74 Å². The van der Waals surface area contributed by atoms with E-state index in [9.17, 15) is 5.26 Å². The van der Waals surface area contributed by atoms with Crippen molar-refractivity contribution in [1.82, 2.24) is 4.98 Å². The van der Waals surface area contributed by atoms with Crippen molar-refractivity contribution >= 4 is 0 Å². The third-order valence-electron chi connectivity index (χ3n) is 4.19. The largest absolute Gasteiger partial charge is 0.481 e. The molecule has 0 aliphatic carbocycles. The second-order valence-electron chi connectivity index (χ2n) is 6.41. The fourth-order valence-electron chi connectivity index (χ4n) is 3.03. The minimum Gasteiger partial charge on any atom is -0.481 e. The molecule has 124 valence electrons. The molecule has 0 unspecified atom stereocenters. The molecule has 0 amide bonds. The van der Waals surface area contributed by atoms with Crippen LogP contribution in [0.1, 0.15) is 52.3 Å². The summed E-state index contributed by atoms with van der Waals surface area (Å²) in [5, 5.41) is 10.1. The first-order valence-electron chi connectivity index (χ1n) is 8.04. The van der Waals surface area contributed by atoms with Crippen LogP contribution in [0.2, 0.25) is 0 Å². The Morgan fingerprint density at radius 3 is 2.48 bits per heavy atom. The van der Waals surface area contributed by atoms with Gasteiger partial charge in [-0.3, -0.25) is 0 Å². The molecule has 0 aliphatic rings. The molecule has 0 spiro atoms. The van der Waals surface area contributed by atoms with Crippen molar-refractivity contribution in [3.63, 3.8) is 0 Å². The zero-order valence-corrected chi connectivity index (χ0v) is 15.4. The number of methoxy groups -OCH3 is 1. The molecule has 23 heavy (non-hydrogen) atoms.